The molecular formula is C20H20N4O4. The minimum atomic E-state index is -0.170. The minimum absolute atomic E-state index is 0.0409. The first-order valence-corrected chi connectivity index (χ1v) is 9.25. The summed E-state index contributed by atoms with van der Waals surface area (Å²) in [5, 5.41) is 6.64. The molecule has 8 heteroatoms. The molecule has 0 unspecified atom stereocenters. The zero-order valence-corrected chi connectivity index (χ0v) is 15.3. The molecule has 0 aliphatic carbocycles. The normalized spacial score (nSPS) is 13.6. The number of likely N-dealkylation sites (tertiary alicyclic amines) is 1. The molecule has 28 heavy (non-hydrogen) atoms. The van der Waals surface area contributed by atoms with Crippen LogP contribution in [0.15, 0.2) is 51.6 Å². The molecule has 0 radical (unpaired) electrons. The Morgan fingerprint density at radius 2 is 1.89 bits per heavy atom. The van der Waals surface area contributed by atoms with E-state index in [1.165, 1.54) is 6.26 Å². The first kappa shape index (κ1) is 18.0. The van der Waals surface area contributed by atoms with Crippen LogP contribution in [0.3, 0.4) is 0 Å². The summed E-state index contributed by atoms with van der Waals surface area (Å²) in [7, 11) is 0. The number of carbonyl (C=O) groups excluding carboxylic acids is 2. The van der Waals surface area contributed by atoms with Gasteiger partial charge >= 0.3 is 0 Å². The lowest BCUT2D eigenvalue weighted by Gasteiger charge is -2.15. The smallest absolute Gasteiger partial charge is 0.253 e. The monoisotopic (exact) mass is 380 g/mol. The van der Waals surface area contributed by atoms with Gasteiger partial charge in [-0.15, -0.1) is 0 Å². The van der Waals surface area contributed by atoms with Crippen LogP contribution in [0, 0.1) is 0 Å². The van der Waals surface area contributed by atoms with Crippen LogP contribution in [-0.4, -0.2) is 39.9 Å². The third-order valence-electron chi connectivity index (χ3n) is 4.58. The van der Waals surface area contributed by atoms with Gasteiger partial charge in [-0.25, -0.2) is 0 Å². The summed E-state index contributed by atoms with van der Waals surface area (Å²) in [4.78, 5) is 30.6. The van der Waals surface area contributed by atoms with Crippen LogP contribution in [0.25, 0.3) is 11.6 Å². The number of nitrogens with one attached hydrogen (secondary N) is 1. The summed E-state index contributed by atoms with van der Waals surface area (Å²) in [6, 6.07) is 10.4. The van der Waals surface area contributed by atoms with E-state index in [4.69, 9.17) is 8.94 Å². The van der Waals surface area contributed by atoms with Crippen molar-refractivity contribution in [2.75, 3.05) is 18.4 Å². The number of nitrogens with zero attached hydrogens (tertiary/aromatic N) is 3. The molecule has 1 aliphatic rings. The van der Waals surface area contributed by atoms with Crippen LogP contribution in [0.5, 0.6) is 0 Å². The van der Waals surface area contributed by atoms with E-state index in [0.717, 1.165) is 25.9 Å². The highest BCUT2D eigenvalue weighted by molar-refractivity contribution is 5.96. The Hall–Kier alpha value is -3.42. The second kappa shape index (κ2) is 8.08. The Morgan fingerprint density at radius 3 is 2.61 bits per heavy atom. The molecule has 1 saturated heterocycles. The van der Waals surface area contributed by atoms with Crippen molar-refractivity contribution < 1.29 is 18.5 Å². The number of hydrogen-bond acceptors (Lipinski definition) is 6. The van der Waals surface area contributed by atoms with Crippen molar-refractivity contribution in [2.45, 2.75) is 25.7 Å². The molecule has 2 aromatic heterocycles. The summed E-state index contributed by atoms with van der Waals surface area (Å²) < 4.78 is 10.3. The van der Waals surface area contributed by atoms with E-state index < -0.39 is 0 Å². The lowest BCUT2D eigenvalue weighted by atomic mass is 10.1. The number of aromatic nitrogens is 2. The first-order valence-electron chi connectivity index (χ1n) is 9.25. The fourth-order valence-electron chi connectivity index (χ4n) is 3.11. The van der Waals surface area contributed by atoms with Gasteiger partial charge in [0.2, 0.25) is 17.6 Å². The maximum absolute atomic E-state index is 12.3. The number of amides is 2. The van der Waals surface area contributed by atoms with E-state index in [1.54, 1.807) is 36.4 Å². The maximum Gasteiger partial charge on any atom is 0.253 e. The Labute approximate surface area is 161 Å². The predicted molar refractivity (Wildman–Crippen MR) is 101 cm³/mol. The van der Waals surface area contributed by atoms with Crippen molar-refractivity contribution in [1.82, 2.24) is 15.0 Å². The van der Waals surface area contributed by atoms with Crippen molar-refractivity contribution in [3.05, 3.63) is 54.1 Å². The average Bonchev–Trinajstić information content (AvgIpc) is 3.49. The van der Waals surface area contributed by atoms with Crippen molar-refractivity contribution in [3.8, 4) is 11.6 Å². The van der Waals surface area contributed by atoms with Crippen LogP contribution in [0.4, 0.5) is 5.69 Å². The van der Waals surface area contributed by atoms with E-state index in [0.29, 0.717) is 35.1 Å². The Kier molecular flexibility index (Phi) is 5.18. The van der Waals surface area contributed by atoms with Crippen molar-refractivity contribution in [1.29, 1.82) is 0 Å². The topological polar surface area (TPSA) is 101 Å². The third kappa shape index (κ3) is 4.11. The zero-order valence-electron chi connectivity index (χ0n) is 15.3. The van der Waals surface area contributed by atoms with Gasteiger partial charge in [0.05, 0.1) is 6.26 Å². The number of rotatable bonds is 6. The fraction of sp³-hybridized carbons (Fsp3) is 0.300. The van der Waals surface area contributed by atoms with Crippen molar-refractivity contribution in [2.24, 2.45) is 0 Å². The molecule has 1 fully saturated rings. The molecule has 8 nitrogen and oxygen atoms in total. The standard InChI is InChI=1S/C20H20N4O4/c25-17(9-10-18-22-19(23-28-18)16-4-3-13-27-16)21-15-7-5-14(6-8-15)20(26)24-11-1-2-12-24/h3-8,13H,1-2,9-12H2,(H,21,25). The van der Waals surface area contributed by atoms with E-state index >= 15 is 0 Å². The number of hydrogen-bond donors (Lipinski definition) is 1. The Balaban J connectivity index is 1.28. The molecule has 2 amide bonds. The lowest BCUT2D eigenvalue weighted by Crippen LogP contribution is -2.27. The average molecular weight is 380 g/mol. The van der Waals surface area contributed by atoms with Crippen LogP contribution < -0.4 is 5.32 Å². The number of aryl methyl sites for hydroxylation is 1. The highest BCUT2D eigenvalue weighted by atomic mass is 16.5. The third-order valence-corrected chi connectivity index (χ3v) is 4.58. The quantitative estimate of drug-likeness (QED) is 0.705. The second-order valence-corrected chi connectivity index (χ2v) is 6.61. The van der Waals surface area contributed by atoms with E-state index in [2.05, 4.69) is 15.5 Å². The second-order valence-electron chi connectivity index (χ2n) is 6.61. The van der Waals surface area contributed by atoms with Gasteiger partial charge in [0, 0.05) is 37.2 Å². The molecule has 1 aromatic carbocycles. The molecule has 1 N–H and O–H groups in total. The molecule has 0 atom stereocenters. The van der Waals surface area contributed by atoms with Crippen LogP contribution in [-0.2, 0) is 11.2 Å². The van der Waals surface area contributed by atoms with Gasteiger partial charge in [0.1, 0.15) is 0 Å². The first-order chi connectivity index (χ1) is 13.7. The van der Waals surface area contributed by atoms with Gasteiger partial charge in [0.25, 0.3) is 5.91 Å². The van der Waals surface area contributed by atoms with Crippen LogP contribution in [0.2, 0.25) is 0 Å². The largest absolute Gasteiger partial charge is 0.461 e. The van der Waals surface area contributed by atoms with Gasteiger partial charge in [-0.3, -0.25) is 9.59 Å². The summed E-state index contributed by atoms with van der Waals surface area (Å²) in [6.07, 6.45) is 4.17. The highest BCUT2D eigenvalue weighted by Gasteiger charge is 2.19. The molecule has 0 bridgehead atoms. The van der Waals surface area contributed by atoms with Crippen LogP contribution >= 0.6 is 0 Å². The summed E-state index contributed by atoms with van der Waals surface area (Å²) in [5.74, 6) is 1.12. The van der Waals surface area contributed by atoms with Gasteiger partial charge in [-0.1, -0.05) is 5.16 Å². The SMILES string of the molecule is O=C(CCc1nc(-c2ccco2)no1)Nc1ccc(C(=O)N2CCCC2)cc1. The van der Waals surface area contributed by atoms with Gasteiger partial charge < -0.3 is 19.2 Å². The molecule has 0 saturated carbocycles. The Morgan fingerprint density at radius 1 is 1.11 bits per heavy atom. The van der Waals surface area contributed by atoms with Crippen molar-refractivity contribution in [3.63, 3.8) is 0 Å². The van der Waals surface area contributed by atoms with Crippen LogP contribution in [0.1, 0.15) is 35.5 Å². The summed E-state index contributed by atoms with van der Waals surface area (Å²) >= 11 is 0. The van der Waals surface area contributed by atoms with E-state index in [9.17, 15) is 9.59 Å². The maximum atomic E-state index is 12.3. The van der Waals surface area contributed by atoms with Gasteiger partial charge in [-0.05, 0) is 49.2 Å². The van der Waals surface area contributed by atoms with E-state index in [1.807, 2.05) is 4.90 Å². The number of anilines is 1. The molecule has 3 aromatic rings. The minimum Gasteiger partial charge on any atom is -0.461 e. The zero-order chi connectivity index (χ0) is 19.3. The van der Waals surface area contributed by atoms with E-state index in [-0.39, 0.29) is 18.2 Å². The highest BCUT2D eigenvalue weighted by Crippen LogP contribution is 2.17. The molecule has 144 valence electrons. The lowest BCUT2D eigenvalue weighted by molar-refractivity contribution is -0.116. The molecule has 4 rings (SSSR count). The van der Waals surface area contributed by atoms with Gasteiger partial charge in [-0.2, -0.15) is 4.98 Å². The molecule has 0 spiro atoms. The number of furan rings is 1. The number of carbonyl (C=O) groups is 2. The Bertz CT molecular complexity index is 941. The fourth-order valence-corrected chi connectivity index (χ4v) is 3.11. The predicted octanol–water partition coefficient (Wildman–Crippen LogP) is 3.14. The molecule has 1 aliphatic heterocycles. The molecular weight excluding hydrogens is 360 g/mol. The summed E-state index contributed by atoms with van der Waals surface area (Å²) in [5.41, 5.74) is 1.28. The van der Waals surface area contributed by atoms with Gasteiger partial charge in [0.15, 0.2) is 5.76 Å². The molecule has 3 heterocycles. The summed E-state index contributed by atoms with van der Waals surface area (Å²) in [6.45, 7) is 1.63. The number of benzene rings is 1. The van der Waals surface area contributed by atoms with Crippen molar-refractivity contribution >= 4 is 17.5 Å².